The molecule has 0 unspecified atom stereocenters. The number of ether oxygens (including phenoxy) is 1. The van der Waals surface area contributed by atoms with Crippen LogP contribution in [0.1, 0.15) is 20.3 Å². The second-order valence-corrected chi connectivity index (χ2v) is 5.08. The molecule has 1 fully saturated rings. The fourth-order valence-electron chi connectivity index (χ4n) is 2.22. The monoisotopic (exact) mass is 266 g/mol. The number of aliphatic hydroxyl groups is 1. The molecule has 0 aliphatic carbocycles. The van der Waals surface area contributed by atoms with Crippen molar-refractivity contribution in [3.8, 4) is 5.75 Å². The molecular formula is C13H18N2O4. The van der Waals surface area contributed by atoms with E-state index in [0.717, 1.165) is 6.42 Å². The van der Waals surface area contributed by atoms with Crippen LogP contribution < -0.4 is 9.64 Å². The maximum Gasteiger partial charge on any atom is 0.333 e. The lowest BCUT2D eigenvalue weighted by atomic mass is 9.96. The van der Waals surface area contributed by atoms with Gasteiger partial charge in [-0.05, 0) is 25.5 Å². The Hall–Kier alpha value is -1.82. The van der Waals surface area contributed by atoms with E-state index in [1.54, 1.807) is 30.0 Å². The number of nitro groups is 1. The molecule has 1 heterocycles. The predicted molar refractivity (Wildman–Crippen MR) is 71.7 cm³/mol. The van der Waals surface area contributed by atoms with Gasteiger partial charge >= 0.3 is 5.69 Å². The molecule has 0 amide bonds. The second kappa shape index (κ2) is 5.05. The summed E-state index contributed by atoms with van der Waals surface area (Å²) in [5.74, 6) is 0.288. The predicted octanol–water partition coefficient (Wildman–Crippen LogP) is 1.95. The van der Waals surface area contributed by atoms with Crippen LogP contribution in [0.4, 0.5) is 11.4 Å². The van der Waals surface area contributed by atoms with Crippen LogP contribution in [0.5, 0.6) is 5.75 Å². The number of nitro benzene ring substituents is 1. The van der Waals surface area contributed by atoms with Gasteiger partial charge in [-0.25, -0.2) is 0 Å². The molecule has 0 saturated carbocycles. The molecule has 1 aliphatic heterocycles. The largest absolute Gasteiger partial charge is 0.487 e. The van der Waals surface area contributed by atoms with Gasteiger partial charge in [0.05, 0.1) is 17.1 Å². The van der Waals surface area contributed by atoms with E-state index in [1.165, 1.54) is 0 Å². The first-order valence-corrected chi connectivity index (χ1v) is 6.32. The van der Waals surface area contributed by atoms with Gasteiger partial charge in [-0.15, -0.1) is 0 Å². The number of hydrogen-bond acceptors (Lipinski definition) is 5. The Kier molecular flexibility index (Phi) is 3.61. The quantitative estimate of drug-likeness (QED) is 0.651. The summed E-state index contributed by atoms with van der Waals surface area (Å²) < 4.78 is 5.43. The number of hydrogen-bond donors (Lipinski definition) is 1. The van der Waals surface area contributed by atoms with Gasteiger partial charge in [-0.2, -0.15) is 0 Å². The molecule has 0 atom stereocenters. The van der Waals surface area contributed by atoms with E-state index in [4.69, 9.17) is 4.74 Å². The molecule has 6 nitrogen and oxygen atoms in total. The average Bonchev–Trinajstić information content (AvgIpc) is 2.32. The summed E-state index contributed by atoms with van der Waals surface area (Å²) in [6, 6.07) is 5.03. The van der Waals surface area contributed by atoms with E-state index in [2.05, 4.69) is 0 Å². The van der Waals surface area contributed by atoms with Gasteiger partial charge < -0.3 is 14.7 Å². The Balaban J connectivity index is 2.30. The summed E-state index contributed by atoms with van der Waals surface area (Å²) in [4.78, 5) is 12.6. The lowest BCUT2D eigenvalue weighted by Gasteiger charge is -2.45. The molecule has 1 aromatic carbocycles. The molecule has 0 aromatic heterocycles. The van der Waals surface area contributed by atoms with Crippen LogP contribution in [0.25, 0.3) is 0 Å². The Bertz CT molecular complexity index is 480. The Morgan fingerprint density at radius 3 is 2.74 bits per heavy atom. The summed E-state index contributed by atoms with van der Waals surface area (Å²) in [6.07, 6.45) is 0.791. The van der Waals surface area contributed by atoms with Crippen molar-refractivity contribution in [2.24, 2.45) is 0 Å². The first-order chi connectivity index (χ1) is 8.94. The van der Waals surface area contributed by atoms with Gasteiger partial charge in [0.1, 0.15) is 5.69 Å². The fourth-order valence-corrected chi connectivity index (χ4v) is 2.22. The van der Waals surface area contributed by atoms with Crippen LogP contribution in [-0.2, 0) is 0 Å². The van der Waals surface area contributed by atoms with Crippen LogP contribution in [-0.4, -0.2) is 35.3 Å². The number of β-amino-alcohol motifs (C(OH)–C–C–N with tert-alkyl or cyclic N) is 1. The number of para-hydroxylation sites is 1. The third-order valence-electron chi connectivity index (χ3n) is 3.03. The standard InChI is InChI=1S/C13H18N2O4/c1-3-7-19-11-6-4-5-10(12(11)15(17)18)14-8-13(2,16)9-14/h4-6,16H,3,7-9H2,1-2H3. The van der Waals surface area contributed by atoms with Gasteiger partial charge in [0.25, 0.3) is 0 Å². The van der Waals surface area contributed by atoms with Gasteiger partial charge in [-0.1, -0.05) is 13.0 Å². The molecule has 0 spiro atoms. The Morgan fingerprint density at radius 2 is 2.21 bits per heavy atom. The molecule has 19 heavy (non-hydrogen) atoms. The molecule has 1 N–H and O–H groups in total. The zero-order chi connectivity index (χ0) is 14.0. The highest BCUT2D eigenvalue weighted by Crippen LogP contribution is 2.40. The van der Waals surface area contributed by atoms with Gasteiger partial charge in [0, 0.05) is 13.1 Å². The molecular weight excluding hydrogens is 248 g/mol. The third kappa shape index (κ3) is 2.78. The first kappa shape index (κ1) is 13.6. The third-order valence-corrected chi connectivity index (χ3v) is 3.03. The van der Waals surface area contributed by atoms with Crippen molar-refractivity contribution in [2.75, 3.05) is 24.6 Å². The molecule has 1 aliphatic rings. The molecule has 1 aromatic rings. The maximum atomic E-state index is 11.2. The fraction of sp³-hybridized carbons (Fsp3) is 0.538. The molecule has 2 rings (SSSR count). The van der Waals surface area contributed by atoms with Crippen LogP contribution in [0.15, 0.2) is 18.2 Å². The lowest BCUT2D eigenvalue weighted by molar-refractivity contribution is -0.385. The van der Waals surface area contributed by atoms with E-state index >= 15 is 0 Å². The van der Waals surface area contributed by atoms with Gasteiger partial charge in [-0.3, -0.25) is 10.1 Å². The number of rotatable bonds is 5. The summed E-state index contributed by atoms with van der Waals surface area (Å²) in [7, 11) is 0. The first-order valence-electron chi connectivity index (χ1n) is 6.32. The zero-order valence-corrected chi connectivity index (χ0v) is 11.1. The Morgan fingerprint density at radius 1 is 1.53 bits per heavy atom. The van der Waals surface area contributed by atoms with Crippen molar-refractivity contribution < 1.29 is 14.8 Å². The molecule has 1 saturated heterocycles. The molecule has 104 valence electrons. The number of benzene rings is 1. The maximum absolute atomic E-state index is 11.2. The highest BCUT2D eigenvalue weighted by Gasteiger charge is 2.40. The topological polar surface area (TPSA) is 75.8 Å². The van der Waals surface area contributed by atoms with Crippen molar-refractivity contribution in [1.29, 1.82) is 0 Å². The summed E-state index contributed by atoms with van der Waals surface area (Å²) in [5.41, 5.74) is -0.287. The minimum Gasteiger partial charge on any atom is -0.487 e. The van der Waals surface area contributed by atoms with E-state index in [-0.39, 0.29) is 11.4 Å². The van der Waals surface area contributed by atoms with E-state index in [1.807, 2.05) is 6.92 Å². The van der Waals surface area contributed by atoms with E-state index in [9.17, 15) is 15.2 Å². The summed E-state index contributed by atoms with van der Waals surface area (Å²) >= 11 is 0. The zero-order valence-electron chi connectivity index (χ0n) is 11.1. The summed E-state index contributed by atoms with van der Waals surface area (Å²) in [5, 5.41) is 21.0. The van der Waals surface area contributed by atoms with Crippen LogP contribution in [0.2, 0.25) is 0 Å². The van der Waals surface area contributed by atoms with E-state index < -0.39 is 10.5 Å². The molecule has 0 radical (unpaired) electrons. The second-order valence-electron chi connectivity index (χ2n) is 5.08. The van der Waals surface area contributed by atoms with Crippen molar-refractivity contribution in [2.45, 2.75) is 25.9 Å². The van der Waals surface area contributed by atoms with Crippen LogP contribution in [0.3, 0.4) is 0 Å². The minimum atomic E-state index is -0.770. The highest BCUT2D eigenvalue weighted by molar-refractivity contribution is 5.71. The number of nitrogens with zero attached hydrogens (tertiary/aromatic N) is 2. The average molecular weight is 266 g/mol. The van der Waals surface area contributed by atoms with Gasteiger partial charge in [0.2, 0.25) is 0 Å². The van der Waals surface area contributed by atoms with Crippen molar-refractivity contribution >= 4 is 11.4 Å². The van der Waals surface area contributed by atoms with Crippen molar-refractivity contribution in [1.82, 2.24) is 0 Å². The number of anilines is 1. The van der Waals surface area contributed by atoms with Crippen LogP contribution in [0, 0.1) is 10.1 Å². The Labute approximate surface area is 111 Å². The van der Waals surface area contributed by atoms with Gasteiger partial charge in [0.15, 0.2) is 5.75 Å². The lowest BCUT2D eigenvalue weighted by Crippen LogP contribution is -2.60. The molecule has 6 heteroatoms. The normalized spacial score (nSPS) is 16.9. The minimum absolute atomic E-state index is 0.0218. The van der Waals surface area contributed by atoms with Crippen molar-refractivity contribution in [3.63, 3.8) is 0 Å². The van der Waals surface area contributed by atoms with Crippen LogP contribution >= 0.6 is 0 Å². The van der Waals surface area contributed by atoms with Crippen molar-refractivity contribution in [3.05, 3.63) is 28.3 Å². The molecule has 0 bridgehead atoms. The highest BCUT2D eigenvalue weighted by atomic mass is 16.6. The smallest absolute Gasteiger partial charge is 0.333 e. The van der Waals surface area contributed by atoms with E-state index in [0.29, 0.717) is 25.4 Å². The SMILES string of the molecule is CCCOc1cccc(N2CC(C)(O)C2)c1[N+](=O)[O-]. The summed E-state index contributed by atoms with van der Waals surface area (Å²) in [6.45, 7) is 4.90.